The highest BCUT2D eigenvalue weighted by molar-refractivity contribution is 7.90. The summed E-state index contributed by atoms with van der Waals surface area (Å²) in [7, 11) is -2.05. The average molecular weight is 440 g/mol. The lowest BCUT2D eigenvalue weighted by Crippen LogP contribution is -2.55. The molecule has 1 unspecified atom stereocenters. The molecule has 0 amide bonds. The molecule has 6 heteroatoms. The molecular weight excluding hydrogens is 398 g/mol. The number of para-hydroxylation sites is 1. The lowest BCUT2D eigenvalue weighted by Gasteiger charge is -2.41. The first kappa shape index (κ1) is 26.2. The van der Waals surface area contributed by atoms with Crippen molar-refractivity contribution in [3.63, 3.8) is 0 Å². The van der Waals surface area contributed by atoms with Gasteiger partial charge in [-0.25, -0.2) is 0 Å². The summed E-state index contributed by atoms with van der Waals surface area (Å²) < 4.78 is 28.7. The van der Waals surface area contributed by atoms with E-state index in [1.165, 1.54) is 0 Å². The van der Waals surface area contributed by atoms with E-state index in [1.54, 1.807) is 0 Å². The zero-order valence-corrected chi connectivity index (χ0v) is 21.4. The Labute approximate surface area is 182 Å². The molecule has 1 aromatic carbocycles. The Morgan fingerprint density at radius 3 is 2.21 bits per heavy atom. The predicted octanol–water partition coefficient (Wildman–Crippen LogP) is 5.84. The molecule has 0 saturated heterocycles. The summed E-state index contributed by atoms with van der Waals surface area (Å²) in [6.45, 7) is 21.4. The molecule has 1 N–H and O–H groups in total. The van der Waals surface area contributed by atoms with Crippen LogP contribution >= 0.6 is 0 Å². The number of nitrogens with one attached hydrogen (secondary N) is 1. The highest BCUT2D eigenvalue weighted by Gasteiger charge is 2.42. The largest absolute Gasteiger partial charge is 0.598 e. The van der Waals surface area contributed by atoms with Gasteiger partial charge >= 0.3 is 0 Å². The van der Waals surface area contributed by atoms with Crippen molar-refractivity contribution in [3.8, 4) is 5.75 Å². The Balaban J connectivity index is 3.10. The second-order valence-corrected chi connectivity index (χ2v) is 16.8. The molecule has 0 aliphatic heterocycles. The standard InChI is InChI=1S/C23H41NO3SSi/c1-10-11-17-20(24-28(25)22(2,3)4)21(27-29(8,9)23(5,6)7)18-26-19-15-13-12-14-16-19/h10,12-16,20-21,24H,1,11,17-18H2,2-9H3/t20-,21+,28?/m0/s1. The zero-order chi connectivity index (χ0) is 22.3. The molecule has 0 aromatic heterocycles. The quantitative estimate of drug-likeness (QED) is 0.267. The van der Waals surface area contributed by atoms with Gasteiger partial charge in [0.25, 0.3) is 0 Å². The van der Waals surface area contributed by atoms with Gasteiger partial charge in [-0.2, -0.15) is 0 Å². The summed E-state index contributed by atoms with van der Waals surface area (Å²) >= 11 is -1.19. The molecule has 0 fully saturated rings. The van der Waals surface area contributed by atoms with Crippen molar-refractivity contribution >= 4 is 19.7 Å². The van der Waals surface area contributed by atoms with Gasteiger partial charge in [-0.05, 0) is 63.9 Å². The van der Waals surface area contributed by atoms with E-state index in [2.05, 4.69) is 45.2 Å². The van der Waals surface area contributed by atoms with E-state index in [0.717, 1.165) is 18.6 Å². The fourth-order valence-corrected chi connectivity index (χ4v) is 4.66. The fourth-order valence-electron chi connectivity index (χ4n) is 2.41. The number of ether oxygens (including phenoxy) is 1. The summed E-state index contributed by atoms with van der Waals surface area (Å²) in [6.07, 6.45) is 3.31. The van der Waals surface area contributed by atoms with Crippen LogP contribution < -0.4 is 9.46 Å². The Morgan fingerprint density at radius 2 is 1.72 bits per heavy atom. The van der Waals surface area contributed by atoms with Gasteiger partial charge in [-0.15, -0.1) is 11.3 Å². The minimum absolute atomic E-state index is 0.0736. The number of hydrogen-bond donors (Lipinski definition) is 1. The molecule has 1 rings (SSSR count). The minimum Gasteiger partial charge on any atom is -0.598 e. The number of hydrogen-bond acceptors (Lipinski definition) is 4. The van der Waals surface area contributed by atoms with Crippen LogP contribution in [0.2, 0.25) is 18.1 Å². The number of allylic oxidation sites excluding steroid dienone is 1. The van der Waals surface area contributed by atoms with E-state index in [0.29, 0.717) is 6.61 Å². The van der Waals surface area contributed by atoms with Crippen LogP contribution in [0.15, 0.2) is 43.0 Å². The van der Waals surface area contributed by atoms with Crippen molar-refractivity contribution < 1.29 is 13.7 Å². The third-order valence-corrected chi connectivity index (χ3v) is 11.5. The van der Waals surface area contributed by atoms with Crippen LogP contribution in [0.3, 0.4) is 0 Å². The van der Waals surface area contributed by atoms with Crippen molar-refractivity contribution in [3.05, 3.63) is 43.0 Å². The lowest BCUT2D eigenvalue weighted by atomic mass is 10.1. The number of benzene rings is 1. The molecule has 0 aliphatic carbocycles. The summed E-state index contributed by atoms with van der Waals surface area (Å²) in [6, 6.07) is 9.69. The van der Waals surface area contributed by atoms with Gasteiger partial charge in [-0.1, -0.05) is 45.0 Å². The second-order valence-electron chi connectivity index (χ2n) is 10.0. The summed E-state index contributed by atoms with van der Waals surface area (Å²) in [5.41, 5.74) is 0. The van der Waals surface area contributed by atoms with Crippen molar-refractivity contribution in [2.45, 2.75) is 89.4 Å². The van der Waals surface area contributed by atoms with Gasteiger partial charge in [0.1, 0.15) is 17.1 Å². The van der Waals surface area contributed by atoms with E-state index in [9.17, 15) is 4.55 Å². The van der Waals surface area contributed by atoms with Crippen LogP contribution in [0.4, 0.5) is 0 Å². The normalized spacial score (nSPS) is 16.2. The summed E-state index contributed by atoms with van der Waals surface area (Å²) in [5.74, 6) is 0.816. The van der Waals surface area contributed by atoms with Crippen LogP contribution in [0.5, 0.6) is 5.75 Å². The third kappa shape index (κ3) is 8.85. The maximum absolute atomic E-state index is 12.9. The minimum atomic E-state index is -2.05. The summed E-state index contributed by atoms with van der Waals surface area (Å²) in [4.78, 5) is 0. The SMILES string of the molecule is C=CCC[C@H](N[S+]([O-])C(C)(C)C)[C@@H](COc1ccccc1)O[Si](C)(C)C(C)(C)C. The van der Waals surface area contributed by atoms with Gasteiger partial charge < -0.3 is 13.7 Å². The van der Waals surface area contributed by atoms with E-state index in [-0.39, 0.29) is 21.9 Å². The van der Waals surface area contributed by atoms with Gasteiger partial charge in [0.05, 0.1) is 12.1 Å². The third-order valence-electron chi connectivity index (χ3n) is 5.35. The molecule has 0 heterocycles. The smallest absolute Gasteiger partial charge is 0.192 e. The van der Waals surface area contributed by atoms with E-state index >= 15 is 0 Å². The molecule has 0 aliphatic rings. The van der Waals surface area contributed by atoms with Crippen molar-refractivity contribution in [2.75, 3.05) is 6.61 Å². The van der Waals surface area contributed by atoms with Crippen LogP contribution in [-0.2, 0) is 15.8 Å². The van der Waals surface area contributed by atoms with Crippen LogP contribution in [0.25, 0.3) is 0 Å². The molecule has 29 heavy (non-hydrogen) atoms. The van der Waals surface area contributed by atoms with Gasteiger partial charge in [-0.3, -0.25) is 0 Å². The zero-order valence-electron chi connectivity index (χ0n) is 19.6. The maximum Gasteiger partial charge on any atom is 0.192 e. The highest BCUT2D eigenvalue weighted by atomic mass is 32.2. The Morgan fingerprint density at radius 1 is 1.14 bits per heavy atom. The van der Waals surface area contributed by atoms with Gasteiger partial charge in [0, 0.05) is 11.4 Å². The number of rotatable bonds is 11. The molecule has 3 atom stereocenters. The molecule has 0 bridgehead atoms. The van der Waals surface area contributed by atoms with Gasteiger partial charge in [0.15, 0.2) is 8.32 Å². The highest BCUT2D eigenvalue weighted by Crippen LogP contribution is 2.38. The molecule has 166 valence electrons. The molecular formula is C23H41NO3SSi. The van der Waals surface area contributed by atoms with E-state index in [4.69, 9.17) is 9.16 Å². The summed E-state index contributed by atoms with van der Waals surface area (Å²) in [5, 5.41) is 0.0736. The topological polar surface area (TPSA) is 53.5 Å². The van der Waals surface area contributed by atoms with Crippen LogP contribution in [0.1, 0.15) is 54.4 Å². The van der Waals surface area contributed by atoms with E-state index in [1.807, 2.05) is 57.2 Å². The van der Waals surface area contributed by atoms with Crippen LogP contribution in [0, 0.1) is 0 Å². The monoisotopic (exact) mass is 439 g/mol. The van der Waals surface area contributed by atoms with Crippen LogP contribution in [-0.4, -0.2) is 36.4 Å². The molecule has 1 aromatic rings. The Bertz CT molecular complexity index is 611. The van der Waals surface area contributed by atoms with Crippen molar-refractivity contribution in [2.24, 2.45) is 0 Å². The first-order chi connectivity index (χ1) is 13.3. The molecule has 4 nitrogen and oxygen atoms in total. The molecule has 0 saturated carbocycles. The first-order valence-corrected chi connectivity index (χ1v) is 14.5. The van der Waals surface area contributed by atoms with E-state index < -0.39 is 19.7 Å². The predicted molar refractivity (Wildman–Crippen MR) is 128 cm³/mol. The Hall–Kier alpha value is -0.793. The second kappa shape index (κ2) is 11.0. The molecule has 0 radical (unpaired) electrons. The van der Waals surface area contributed by atoms with Crippen molar-refractivity contribution in [1.29, 1.82) is 0 Å². The Kier molecular flexibility index (Phi) is 9.96. The average Bonchev–Trinajstić information content (AvgIpc) is 2.61. The van der Waals surface area contributed by atoms with Gasteiger partial charge in [0.2, 0.25) is 0 Å². The molecule has 0 spiro atoms. The lowest BCUT2D eigenvalue weighted by molar-refractivity contribution is 0.0857. The van der Waals surface area contributed by atoms with Crippen molar-refractivity contribution in [1.82, 2.24) is 4.72 Å². The first-order valence-electron chi connectivity index (χ1n) is 10.4. The fraction of sp³-hybridized carbons (Fsp3) is 0.652. The maximum atomic E-state index is 12.9.